The molecular weight excluding hydrogens is 460 g/mol. The van der Waals surface area contributed by atoms with Crippen LogP contribution in [0.25, 0.3) is 10.9 Å². The van der Waals surface area contributed by atoms with Crippen LogP contribution in [-0.4, -0.2) is 35.5 Å². The fourth-order valence-corrected chi connectivity index (χ4v) is 4.30. The molecule has 0 spiro atoms. The first-order chi connectivity index (χ1) is 13.6. The average molecular weight is 486 g/mol. The Labute approximate surface area is 183 Å². The first kappa shape index (κ1) is 22.1. The van der Waals surface area contributed by atoms with E-state index in [1.165, 1.54) is 7.11 Å². The van der Waals surface area contributed by atoms with E-state index in [-0.39, 0.29) is 11.8 Å². The quantitative estimate of drug-likeness (QED) is 0.428. The van der Waals surface area contributed by atoms with Crippen molar-refractivity contribution in [1.29, 1.82) is 0 Å². The molecular formula is C21H26BrClN2O4. The van der Waals surface area contributed by atoms with Crippen molar-refractivity contribution in [2.75, 3.05) is 18.3 Å². The van der Waals surface area contributed by atoms with Crippen LogP contribution in [0.1, 0.15) is 62.5 Å². The van der Waals surface area contributed by atoms with Crippen LogP contribution in [0, 0.1) is 6.92 Å². The van der Waals surface area contributed by atoms with Gasteiger partial charge in [-0.05, 0) is 74.0 Å². The number of methoxy groups -OCH3 is 1. The second-order valence-corrected chi connectivity index (χ2v) is 9.39. The van der Waals surface area contributed by atoms with Crippen molar-refractivity contribution >= 4 is 56.0 Å². The van der Waals surface area contributed by atoms with Crippen LogP contribution >= 0.6 is 27.5 Å². The lowest BCUT2D eigenvalue weighted by Crippen LogP contribution is -2.29. The van der Waals surface area contributed by atoms with Crippen LogP contribution in [0.15, 0.2) is 10.5 Å². The number of halogens is 2. The number of esters is 1. The number of hydrogen-bond acceptors (Lipinski definition) is 4. The van der Waals surface area contributed by atoms with Crippen LogP contribution < -0.4 is 5.32 Å². The molecule has 8 heteroatoms. The summed E-state index contributed by atoms with van der Waals surface area (Å²) >= 11 is 9.43. The Kier molecular flexibility index (Phi) is 6.32. The van der Waals surface area contributed by atoms with Gasteiger partial charge >= 0.3 is 5.97 Å². The molecule has 2 N–H and O–H groups in total. The Morgan fingerprint density at radius 3 is 2.55 bits per heavy atom. The SMILES string of the molecule is COC(=O)[C@@H](OC(C)(C)C)c1c(C)c(NC(=O)CCl)c2[nH]c(C3CC3)cc2c1Br. The molecule has 1 aromatic heterocycles. The molecule has 6 nitrogen and oxygen atoms in total. The van der Waals surface area contributed by atoms with Crippen molar-refractivity contribution in [2.24, 2.45) is 0 Å². The van der Waals surface area contributed by atoms with Gasteiger partial charge in [-0.3, -0.25) is 4.79 Å². The van der Waals surface area contributed by atoms with Crippen LogP contribution in [-0.2, 0) is 19.1 Å². The highest BCUT2D eigenvalue weighted by Gasteiger charge is 2.34. The summed E-state index contributed by atoms with van der Waals surface area (Å²) < 4.78 is 11.9. The van der Waals surface area contributed by atoms with Gasteiger partial charge in [-0.15, -0.1) is 11.6 Å². The highest BCUT2D eigenvalue weighted by molar-refractivity contribution is 9.10. The summed E-state index contributed by atoms with van der Waals surface area (Å²) in [5, 5.41) is 3.77. The van der Waals surface area contributed by atoms with Gasteiger partial charge in [0.2, 0.25) is 5.91 Å². The molecule has 1 aliphatic carbocycles. The molecule has 1 aromatic carbocycles. The summed E-state index contributed by atoms with van der Waals surface area (Å²) in [6, 6.07) is 2.07. The van der Waals surface area contributed by atoms with Gasteiger partial charge in [-0.2, -0.15) is 0 Å². The van der Waals surface area contributed by atoms with E-state index in [2.05, 4.69) is 32.3 Å². The predicted molar refractivity (Wildman–Crippen MR) is 118 cm³/mol. The van der Waals surface area contributed by atoms with Crippen LogP contribution in [0.5, 0.6) is 0 Å². The minimum Gasteiger partial charge on any atom is -0.467 e. The van der Waals surface area contributed by atoms with Gasteiger partial charge in [0, 0.05) is 21.1 Å². The Morgan fingerprint density at radius 2 is 2.03 bits per heavy atom. The van der Waals surface area contributed by atoms with E-state index in [0.29, 0.717) is 22.7 Å². The van der Waals surface area contributed by atoms with E-state index in [1.54, 1.807) is 0 Å². The van der Waals surface area contributed by atoms with Gasteiger partial charge in [-0.25, -0.2) is 4.79 Å². The Bertz CT molecular complexity index is 960. The summed E-state index contributed by atoms with van der Waals surface area (Å²) in [4.78, 5) is 28.2. The van der Waals surface area contributed by atoms with Crippen molar-refractivity contribution in [1.82, 2.24) is 4.98 Å². The summed E-state index contributed by atoms with van der Waals surface area (Å²) in [6.45, 7) is 7.48. The van der Waals surface area contributed by atoms with Crippen molar-refractivity contribution in [3.8, 4) is 0 Å². The number of fused-ring (bicyclic) bond motifs is 1. The number of anilines is 1. The second kappa shape index (κ2) is 8.28. The number of hydrogen-bond donors (Lipinski definition) is 2. The maximum atomic E-state index is 12.7. The number of aromatic amines is 1. The Hall–Kier alpha value is -1.57. The molecule has 1 atom stereocenters. The van der Waals surface area contributed by atoms with Gasteiger partial charge in [0.15, 0.2) is 6.10 Å². The highest BCUT2D eigenvalue weighted by Crippen LogP contribution is 2.46. The van der Waals surface area contributed by atoms with Crippen molar-refractivity contribution < 1.29 is 19.1 Å². The smallest absolute Gasteiger partial charge is 0.339 e. The molecule has 0 unspecified atom stereocenters. The molecule has 3 rings (SSSR count). The number of benzene rings is 1. The number of H-pyrrole nitrogens is 1. The molecule has 1 aliphatic rings. The second-order valence-electron chi connectivity index (χ2n) is 8.33. The van der Waals surface area contributed by atoms with Crippen LogP contribution in [0.3, 0.4) is 0 Å². The first-order valence-corrected chi connectivity index (χ1v) is 10.9. The van der Waals surface area contributed by atoms with E-state index in [9.17, 15) is 9.59 Å². The number of carbonyl (C=O) groups is 2. The normalized spacial score (nSPS) is 15.4. The number of nitrogens with one attached hydrogen (secondary N) is 2. The molecule has 1 saturated carbocycles. The van der Waals surface area contributed by atoms with Crippen LogP contribution in [0.2, 0.25) is 0 Å². The largest absolute Gasteiger partial charge is 0.467 e. The van der Waals surface area contributed by atoms with Gasteiger partial charge in [0.05, 0.1) is 23.9 Å². The average Bonchev–Trinajstić information content (AvgIpc) is 3.41. The maximum absolute atomic E-state index is 12.7. The molecule has 0 radical (unpaired) electrons. The number of carbonyl (C=O) groups excluding carboxylic acids is 2. The Balaban J connectivity index is 2.26. The number of ether oxygens (including phenoxy) is 2. The maximum Gasteiger partial charge on any atom is 0.339 e. The fourth-order valence-electron chi connectivity index (χ4n) is 3.42. The first-order valence-electron chi connectivity index (χ1n) is 9.53. The summed E-state index contributed by atoms with van der Waals surface area (Å²) in [5.41, 5.74) is 3.28. The zero-order valence-corrected chi connectivity index (χ0v) is 19.6. The van der Waals surface area contributed by atoms with Crippen molar-refractivity contribution in [3.63, 3.8) is 0 Å². The number of rotatable bonds is 6. The summed E-state index contributed by atoms with van der Waals surface area (Å²) in [6.07, 6.45) is 1.32. The van der Waals surface area contributed by atoms with E-state index >= 15 is 0 Å². The summed E-state index contributed by atoms with van der Waals surface area (Å²) in [5.74, 6) is -0.493. The number of aromatic nitrogens is 1. The Morgan fingerprint density at radius 1 is 1.38 bits per heavy atom. The van der Waals surface area contributed by atoms with Gasteiger partial charge in [-0.1, -0.05) is 0 Å². The zero-order valence-electron chi connectivity index (χ0n) is 17.2. The molecule has 1 heterocycles. The van der Waals surface area contributed by atoms with E-state index in [0.717, 1.165) is 33.9 Å². The predicted octanol–water partition coefficient (Wildman–Crippen LogP) is 5.32. The molecule has 2 aromatic rings. The van der Waals surface area contributed by atoms with Crippen molar-refractivity contribution in [2.45, 2.75) is 58.2 Å². The lowest BCUT2D eigenvalue weighted by molar-refractivity contribution is -0.164. The molecule has 1 amide bonds. The van der Waals surface area contributed by atoms with Gasteiger partial charge in [0.25, 0.3) is 0 Å². The topological polar surface area (TPSA) is 80.4 Å². The minimum absolute atomic E-state index is 0.165. The van der Waals surface area contributed by atoms with Gasteiger partial charge in [0.1, 0.15) is 5.88 Å². The van der Waals surface area contributed by atoms with Crippen molar-refractivity contribution in [3.05, 3.63) is 27.4 Å². The lowest BCUT2D eigenvalue weighted by atomic mass is 9.97. The monoisotopic (exact) mass is 484 g/mol. The molecule has 0 bridgehead atoms. The standard InChI is InChI=1S/C21H26BrClN2O4/c1-10-15(19(20(27)28-5)29-21(2,3)4)16(22)12-8-13(11-6-7-11)24-18(12)17(10)25-14(26)9-23/h8,11,19,24H,6-7,9H2,1-5H3,(H,25,26)/t19-/m0/s1. The minimum atomic E-state index is -0.954. The third kappa shape index (κ3) is 4.62. The summed E-state index contributed by atoms with van der Waals surface area (Å²) in [7, 11) is 1.33. The van der Waals surface area contributed by atoms with E-state index in [4.69, 9.17) is 21.1 Å². The highest BCUT2D eigenvalue weighted by atomic mass is 79.9. The number of amides is 1. The van der Waals surface area contributed by atoms with E-state index < -0.39 is 17.7 Å². The molecule has 0 aliphatic heterocycles. The third-order valence-electron chi connectivity index (χ3n) is 4.89. The zero-order chi connectivity index (χ0) is 21.5. The molecule has 29 heavy (non-hydrogen) atoms. The van der Waals surface area contributed by atoms with Gasteiger partial charge < -0.3 is 19.8 Å². The number of alkyl halides is 1. The lowest BCUT2D eigenvalue weighted by Gasteiger charge is -2.28. The molecule has 0 saturated heterocycles. The molecule has 1 fully saturated rings. The third-order valence-corrected chi connectivity index (χ3v) is 5.99. The fraction of sp³-hybridized carbons (Fsp3) is 0.524. The van der Waals surface area contributed by atoms with E-state index in [1.807, 2.05) is 27.7 Å². The van der Waals surface area contributed by atoms with Crippen LogP contribution in [0.4, 0.5) is 5.69 Å². The molecule has 158 valence electrons.